The van der Waals surface area contributed by atoms with Crippen molar-refractivity contribution < 1.29 is 22.3 Å². The van der Waals surface area contributed by atoms with Crippen LogP contribution in [0.15, 0.2) is 24.3 Å². The standard InChI is InChI=1S/C11H13F3O2P/c1-2-16-17(15)8-7-9-3-5-10(6-4-9)11(12,13)14/h3-6H,2,7-8H2,1H3/q+1. The molecular weight excluding hydrogens is 252 g/mol. The lowest BCUT2D eigenvalue weighted by atomic mass is 10.1. The molecule has 0 aromatic heterocycles. The van der Waals surface area contributed by atoms with Gasteiger partial charge in [0.15, 0.2) is 6.16 Å². The Morgan fingerprint density at radius 1 is 1.24 bits per heavy atom. The quantitative estimate of drug-likeness (QED) is 0.751. The molecule has 0 aliphatic rings. The van der Waals surface area contributed by atoms with Crippen LogP contribution in [0.4, 0.5) is 13.2 Å². The summed E-state index contributed by atoms with van der Waals surface area (Å²) in [5.41, 5.74) is 0.0523. The first-order chi connectivity index (χ1) is 7.93. The lowest BCUT2D eigenvalue weighted by molar-refractivity contribution is -0.137. The van der Waals surface area contributed by atoms with E-state index in [1.807, 2.05) is 0 Å². The highest BCUT2D eigenvalue weighted by Crippen LogP contribution is 2.29. The summed E-state index contributed by atoms with van der Waals surface area (Å²) in [6.07, 6.45) is -3.53. The summed E-state index contributed by atoms with van der Waals surface area (Å²) >= 11 is 0. The molecule has 0 heterocycles. The Kier molecular flexibility index (Phi) is 5.09. The van der Waals surface area contributed by atoms with E-state index in [0.29, 0.717) is 19.2 Å². The van der Waals surface area contributed by atoms with Gasteiger partial charge in [0.05, 0.1) is 12.2 Å². The van der Waals surface area contributed by atoms with Crippen LogP contribution in [-0.4, -0.2) is 12.8 Å². The van der Waals surface area contributed by atoms with E-state index in [1.165, 1.54) is 12.1 Å². The fraction of sp³-hybridized carbons (Fsp3) is 0.455. The molecule has 1 rings (SSSR count). The van der Waals surface area contributed by atoms with Crippen LogP contribution in [-0.2, 0) is 21.7 Å². The first kappa shape index (κ1) is 14.1. The highest BCUT2D eigenvalue weighted by Gasteiger charge is 2.30. The van der Waals surface area contributed by atoms with E-state index in [1.54, 1.807) is 6.92 Å². The molecule has 1 aromatic rings. The van der Waals surface area contributed by atoms with Crippen molar-refractivity contribution in [2.75, 3.05) is 12.8 Å². The van der Waals surface area contributed by atoms with Crippen molar-refractivity contribution in [2.24, 2.45) is 0 Å². The third-order valence-corrected chi connectivity index (χ3v) is 3.27. The summed E-state index contributed by atoms with van der Waals surface area (Å²) in [6.45, 7) is 2.12. The van der Waals surface area contributed by atoms with Gasteiger partial charge in [-0.05, 0) is 29.2 Å². The predicted molar refractivity (Wildman–Crippen MR) is 59.2 cm³/mol. The smallest absolute Gasteiger partial charge is 0.166 e. The fourth-order valence-electron chi connectivity index (χ4n) is 1.29. The molecule has 17 heavy (non-hydrogen) atoms. The van der Waals surface area contributed by atoms with E-state index >= 15 is 0 Å². The van der Waals surface area contributed by atoms with Crippen LogP contribution in [0.1, 0.15) is 18.1 Å². The van der Waals surface area contributed by atoms with Gasteiger partial charge in [-0.3, -0.25) is 0 Å². The number of halogens is 3. The molecule has 0 aliphatic carbocycles. The lowest BCUT2D eigenvalue weighted by Gasteiger charge is -2.06. The molecular formula is C11H13F3O2P+. The minimum absolute atomic E-state index is 0.328. The summed E-state index contributed by atoms with van der Waals surface area (Å²) in [7, 11) is -1.71. The van der Waals surface area contributed by atoms with Crippen molar-refractivity contribution in [1.29, 1.82) is 0 Å². The van der Waals surface area contributed by atoms with Gasteiger partial charge in [0, 0.05) is 6.42 Å². The third kappa shape index (κ3) is 4.84. The Bertz CT molecular complexity index is 373. The van der Waals surface area contributed by atoms with Gasteiger partial charge in [0.2, 0.25) is 0 Å². The molecule has 0 amide bonds. The maximum Gasteiger partial charge on any atom is 0.508 e. The first-order valence-corrected chi connectivity index (χ1v) is 6.53. The Hall–Kier alpha value is -0.930. The Morgan fingerprint density at radius 2 is 1.82 bits per heavy atom. The molecule has 0 saturated heterocycles. The van der Waals surface area contributed by atoms with Crippen LogP contribution in [0.3, 0.4) is 0 Å². The maximum absolute atomic E-state index is 12.3. The van der Waals surface area contributed by atoms with Gasteiger partial charge in [0.25, 0.3) is 0 Å². The number of hydrogen-bond acceptors (Lipinski definition) is 2. The number of hydrogen-bond donors (Lipinski definition) is 0. The zero-order valence-electron chi connectivity index (χ0n) is 9.33. The molecule has 1 atom stereocenters. The van der Waals surface area contributed by atoms with E-state index in [4.69, 9.17) is 4.52 Å². The average molecular weight is 265 g/mol. The van der Waals surface area contributed by atoms with Gasteiger partial charge in [-0.2, -0.15) is 13.2 Å². The molecule has 0 N–H and O–H groups in total. The monoisotopic (exact) mass is 265 g/mol. The van der Waals surface area contributed by atoms with Crippen LogP contribution in [0, 0.1) is 0 Å². The van der Waals surface area contributed by atoms with Crippen LogP contribution < -0.4 is 0 Å². The van der Waals surface area contributed by atoms with Crippen molar-refractivity contribution in [2.45, 2.75) is 19.5 Å². The van der Waals surface area contributed by atoms with Gasteiger partial charge in [0.1, 0.15) is 0 Å². The van der Waals surface area contributed by atoms with Crippen molar-refractivity contribution in [3.05, 3.63) is 35.4 Å². The van der Waals surface area contributed by atoms with Gasteiger partial charge >= 0.3 is 14.2 Å². The van der Waals surface area contributed by atoms with Gasteiger partial charge in [-0.25, -0.2) is 0 Å². The predicted octanol–water partition coefficient (Wildman–Crippen LogP) is 4.03. The first-order valence-electron chi connectivity index (χ1n) is 5.17. The van der Waals surface area contributed by atoms with E-state index in [2.05, 4.69) is 0 Å². The van der Waals surface area contributed by atoms with Crippen molar-refractivity contribution in [3.8, 4) is 0 Å². The number of benzene rings is 1. The van der Waals surface area contributed by atoms with Gasteiger partial charge in [-0.1, -0.05) is 12.1 Å². The van der Waals surface area contributed by atoms with Gasteiger partial charge in [-0.15, -0.1) is 4.52 Å². The Morgan fingerprint density at radius 3 is 2.29 bits per heavy atom. The molecule has 0 spiro atoms. The largest absolute Gasteiger partial charge is 0.508 e. The molecule has 0 fully saturated rings. The molecule has 1 aromatic carbocycles. The number of alkyl halides is 3. The SMILES string of the molecule is CCO[P+](=O)CCc1ccc(C(F)(F)F)cc1. The fourth-order valence-corrected chi connectivity index (χ4v) is 2.15. The molecule has 0 aliphatic heterocycles. The van der Waals surface area contributed by atoms with Crippen molar-refractivity contribution in [1.82, 2.24) is 0 Å². The minimum atomic E-state index is -4.31. The topological polar surface area (TPSA) is 26.3 Å². The molecule has 94 valence electrons. The number of rotatable bonds is 5. The third-order valence-electron chi connectivity index (χ3n) is 2.14. The summed E-state index contributed by atoms with van der Waals surface area (Å²) in [4.78, 5) is 0. The summed E-state index contributed by atoms with van der Waals surface area (Å²) in [5, 5.41) is 0. The van der Waals surface area contributed by atoms with Crippen LogP contribution >= 0.6 is 8.03 Å². The molecule has 0 saturated carbocycles. The van der Waals surface area contributed by atoms with Crippen LogP contribution in [0.2, 0.25) is 0 Å². The molecule has 0 bridgehead atoms. The minimum Gasteiger partial charge on any atom is -0.166 e. The maximum atomic E-state index is 12.3. The van der Waals surface area contributed by atoms with Crippen LogP contribution in [0.5, 0.6) is 0 Å². The second-order valence-electron chi connectivity index (χ2n) is 3.42. The summed E-state index contributed by atoms with van der Waals surface area (Å²) in [6, 6.07) is 4.86. The van der Waals surface area contributed by atoms with E-state index < -0.39 is 19.8 Å². The summed E-state index contributed by atoms with van der Waals surface area (Å²) < 4.78 is 52.9. The normalized spacial score (nSPS) is 12.6. The molecule has 6 heteroatoms. The van der Waals surface area contributed by atoms with Gasteiger partial charge < -0.3 is 0 Å². The van der Waals surface area contributed by atoms with E-state index in [-0.39, 0.29) is 0 Å². The Balaban J connectivity index is 2.54. The van der Waals surface area contributed by atoms with Crippen molar-refractivity contribution >= 4 is 8.03 Å². The second-order valence-corrected chi connectivity index (χ2v) is 4.79. The highest BCUT2D eigenvalue weighted by molar-refractivity contribution is 7.39. The van der Waals surface area contributed by atoms with E-state index in [9.17, 15) is 17.7 Å². The van der Waals surface area contributed by atoms with Crippen LogP contribution in [0.25, 0.3) is 0 Å². The highest BCUT2D eigenvalue weighted by atomic mass is 31.1. The lowest BCUT2D eigenvalue weighted by Crippen LogP contribution is -2.04. The molecule has 0 radical (unpaired) electrons. The van der Waals surface area contributed by atoms with E-state index in [0.717, 1.165) is 17.7 Å². The molecule has 1 unspecified atom stereocenters. The average Bonchev–Trinajstić information content (AvgIpc) is 2.26. The Labute approximate surface area is 98.7 Å². The number of aryl methyl sites for hydroxylation is 1. The van der Waals surface area contributed by atoms with Crippen molar-refractivity contribution in [3.63, 3.8) is 0 Å². The summed E-state index contributed by atoms with van der Waals surface area (Å²) in [5.74, 6) is 0. The second kappa shape index (κ2) is 6.12. The molecule has 2 nitrogen and oxygen atoms in total. The zero-order chi connectivity index (χ0) is 12.9. The zero-order valence-corrected chi connectivity index (χ0v) is 10.2.